The quantitative estimate of drug-likeness (QED) is 0.923. The van der Waals surface area contributed by atoms with Gasteiger partial charge in [-0.25, -0.2) is 0 Å². The van der Waals surface area contributed by atoms with Gasteiger partial charge in [0.25, 0.3) is 0 Å². The van der Waals surface area contributed by atoms with E-state index >= 15 is 0 Å². The van der Waals surface area contributed by atoms with Crippen LogP contribution in [-0.4, -0.2) is 55.0 Å². The standard InChI is InChI=1S/C15H22ClN3OS/c16-14-12(3-9-21-14)10-18-6-1-2-13(11-18)15(20)19-7-4-17-5-8-19/h3,9,13,17H,1-2,4-8,10-11H2. The highest BCUT2D eigenvalue weighted by Gasteiger charge is 2.30. The Morgan fingerprint density at radius 1 is 1.38 bits per heavy atom. The van der Waals surface area contributed by atoms with Gasteiger partial charge in [0.05, 0.1) is 10.3 Å². The zero-order valence-electron chi connectivity index (χ0n) is 12.2. The van der Waals surface area contributed by atoms with Crippen molar-refractivity contribution >= 4 is 28.8 Å². The maximum absolute atomic E-state index is 12.6. The Hall–Kier alpha value is -0.620. The number of hydrogen-bond acceptors (Lipinski definition) is 4. The van der Waals surface area contributed by atoms with Crippen LogP contribution in [0.5, 0.6) is 0 Å². The molecule has 2 fully saturated rings. The number of carbonyl (C=O) groups excluding carboxylic acids is 1. The van der Waals surface area contributed by atoms with Gasteiger partial charge in [-0.15, -0.1) is 11.3 Å². The van der Waals surface area contributed by atoms with E-state index in [0.29, 0.717) is 5.91 Å². The zero-order valence-corrected chi connectivity index (χ0v) is 13.8. The Morgan fingerprint density at radius 3 is 2.90 bits per heavy atom. The molecule has 0 radical (unpaired) electrons. The van der Waals surface area contributed by atoms with E-state index in [9.17, 15) is 4.79 Å². The third-order valence-electron chi connectivity index (χ3n) is 4.37. The first kappa shape index (κ1) is 15.3. The van der Waals surface area contributed by atoms with Gasteiger partial charge in [0, 0.05) is 39.3 Å². The summed E-state index contributed by atoms with van der Waals surface area (Å²) in [6.45, 7) is 6.36. The van der Waals surface area contributed by atoms with Crippen LogP contribution in [0, 0.1) is 5.92 Å². The Bertz CT molecular complexity index is 487. The number of nitrogens with zero attached hydrogens (tertiary/aromatic N) is 2. The number of piperidine rings is 1. The van der Waals surface area contributed by atoms with Crippen LogP contribution in [0.4, 0.5) is 0 Å². The van der Waals surface area contributed by atoms with E-state index < -0.39 is 0 Å². The van der Waals surface area contributed by atoms with Gasteiger partial charge >= 0.3 is 0 Å². The zero-order chi connectivity index (χ0) is 14.7. The van der Waals surface area contributed by atoms with E-state index in [-0.39, 0.29) is 5.92 Å². The number of thiophene rings is 1. The molecule has 1 atom stereocenters. The third kappa shape index (κ3) is 3.77. The molecule has 116 valence electrons. The minimum absolute atomic E-state index is 0.161. The van der Waals surface area contributed by atoms with E-state index in [0.717, 1.165) is 63.0 Å². The Labute approximate surface area is 135 Å². The molecule has 0 aromatic carbocycles. The summed E-state index contributed by atoms with van der Waals surface area (Å²) in [4.78, 5) is 17.0. The number of nitrogens with one attached hydrogen (secondary N) is 1. The van der Waals surface area contributed by atoms with E-state index in [1.165, 1.54) is 5.56 Å². The van der Waals surface area contributed by atoms with Crippen LogP contribution in [0.25, 0.3) is 0 Å². The largest absolute Gasteiger partial charge is 0.340 e. The van der Waals surface area contributed by atoms with Crippen molar-refractivity contribution in [2.24, 2.45) is 5.92 Å². The second-order valence-corrected chi connectivity index (χ2v) is 7.39. The maximum atomic E-state index is 12.6. The van der Waals surface area contributed by atoms with Crippen LogP contribution in [0.2, 0.25) is 4.34 Å². The number of rotatable bonds is 3. The van der Waals surface area contributed by atoms with Crippen LogP contribution in [0.1, 0.15) is 18.4 Å². The summed E-state index contributed by atoms with van der Waals surface area (Å²) in [6.07, 6.45) is 2.13. The molecule has 3 rings (SSSR count). The SMILES string of the molecule is O=C(C1CCCN(Cc2ccsc2Cl)C1)N1CCNCC1. The van der Waals surface area contributed by atoms with Crippen molar-refractivity contribution in [1.82, 2.24) is 15.1 Å². The van der Waals surface area contributed by atoms with Crippen molar-refractivity contribution < 1.29 is 4.79 Å². The summed E-state index contributed by atoms with van der Waals surface area (Å²) in [5.41, 5.74) is 1.19. The molecular weight excluding hydrogens is 306 g/mol. The number of hydrogen-bond donors (Lipinski definition) is 1. The normalized spacial score (nSPS) is 24.2. The van der Waals surface area contributed by atoms with Gasteiger partial charge in [-0.1, -0.05) is 11.6 Å². The summed E-state index contributed by atoms with van der Waals surface area (Å²) in [5.74, 6) is 0.506. The fourth-order valence-corrected chi connectivity index (χ4v) is 4.13. The molecule has 2 aliphatic rings. The van der Waals surface area contributed by atoms with E-state index in [4.69, 9.17) is 11.6 Å². The van der Waals surface area contributed by atoms with E-state index in [1.807, 2.05) is 10.3 Å². The first-order valence-electron chi connectivity index (χ1n) is 7.68. The van der Waals surface area contributed by atoms with Gasteiger partial charge in [0.15, 0.2) is 0 Å². The molecule has 0 spiro atoms. The molecule has 1 unspecified atom stereocenters. The monoisotopic (exact) mass is 327 g/mol. The smallest absolute Gasteiger partial charge is 0.227 e. The number of halogens is 1. The molecule has 1 amide bonds. The topological polar surface area (TPSA) is 35.6 Å². The maximum Gasteiger partial charge on any atom is 0.227 e. The van der Waals surface area contributed by atoms with Gasteiger partial charge in [0.1, 0.15) is 0 Å². The first-order chi connectivity index (χ1) is 10.2. The van der Waals surface area contributed by atoms with Gasteiger partial charge in [0.2, 0.25) is 5.91 Å². The van der Waals surface area contributed by atoms with Crippen molar-refractivity contribution in [2.75, 3.05) is 39.3 Å². The lowest BCUT2D eigenvalue weighted by Crippen LogP contribution is -2.51. The number of carbonyl (C=O) groups is 1. The molecule has 2 saturated heterocycles. The molecule has 1 aromatic rings. The van der Waals surface area contributed by atoms with Crippen molar-refractivity contribution in [3.05, 3.63) is 21.3 Å². The summed E-state index contributed by atoms with van der Waals surface area (Å²) in [5, 5.41) is 5.33. The van der Waals surface area contributed by atoms with Crippen molar-refractivity contribution in [3.63, 3.8) is 0 Å². The molecule has 1 N–H and O–H groups in total. The Balaban J connectivity index is 1.57. The summed E-state index contributed by atoms with van der Waals surface area (Å²) >= 11 is 7.77. The molecule has 3 heterocycles. The third-order valence-corrected chi connectivity index (χ3v) is 5.62. The number of piperazine rings is 1. The average molecular weight is 328 g/mol. The lowest BCUT2D eigenvalue weighted by molar-refractivity contribution is -0.138. The highest BCUT2D eigenvalue weighted by atomic mass is 35.5. The van der Waals surface area contributed by atoms with Gasteiger partial charge < -0.3 is 10.2 Å². The number of likely N-dealkylation sites (tertiary alicyclic amines) is 1. The molecule has 4 nitrogen and oxygen atoms in total. The second kappa shape index (κ2) is 7.09. The summed E-state index contributed by atoms with van der Waals surface area (Å²) < 4.78 is 0.880. The molecule has 0 bridgehead atoms. The summed E-state index contributed by atoms with van der Waals surface area (Å²) in [7, 11) is 0. The average Bonchev–Trinajstić information content (AvgIpc) is 2.93. The minimum atomic E-state index is 0.161. The predicted octanol–water partition coefficient (Wildman–Crippen LogP) is 2.05. The highest BCUT2D eigenvalue weighted by molar-refractivity contribution is 7.14. The van der Waals surface area contributed by atoms with Crippen molar-refractivity contribution in [1.29, 1.82) is 0 Å². The van der Waals surface area contributed by atoms with Gasteiger partial charge in [-0.05, 0) is 36.4 Å². The molecule has 0 aliphatic carbocycles. The second-order valence-electron chi connectivity index (χ2n) is 5.87. The van der Waals surface area contributed by atoms with Crippen LogP contribution >= 0.6 is 22.9 Å². The van der Waals surface area contributed by atoms with Gasteiger partial charge in [-0.3, -0.25) is 9.69 Å². The predicted molar refractivity (Wildman–Crippen MR) is 86.8 cm³/mol. The fourth-order valence-electron chi connectivity index (χ4n) is 3.22. The lowest BCUT2D eigenvalue weighted by Gasteiger charge is -2.36. The highest BCUT2D eigenvalue weighted by Crippen LogP contribution is 2.26. The Kier molecular flexibility index (Phi) is 5.16. The Morgan fingerprint density at radius 2 is 2.19 bits per heavy atom. The van der Waals surface area contributed by atoms with Crippen LogP contribution in [0.3, 0.4) is 0 Å². The van der Waals surface area contributed by atoms with Crippen molar-refractivity contribution in [2.45, 2.75) is 19.4 Å². The summed E-state index contributed by atoms with van der Waals surface area (Å²) in [6, 6.07) is 2.09. The van der Waals surface area contributed by atoms with Crippen LogP contribution in [0.15, 0.2) is 11.4 Å². The number of amides is 1. The van der Waals surface area contributed by atoms with Gasteiger partial charge in [-0.2, -0.15) is 0 Å². The van der Waals surface area contributed by atoms with E-state index in [1.54, 1.807) is 11.3 Å². The first-order valence-corrected chi connectivity index (χ1v) is 8.93. The van der Waals surface area contributed by atoms with Crippen LogP contribution < -0.4 is 5.32 Å². The minimum Gasteiger partial charge on any atom is -0.340 e. The van der Waals surface area contributed by atoms with Crippen LogP contribution in [-0.2, 0) is 11.3 Å². The molecule has 6 heteroatoms. The molecule has 1 aromatic heterocycles. The molecular formula is C15H22ClN3OS. The molecule has 0 saturated carbocycles. The van der Waals surface area contributed by atoms with Crippen molar-refractivity contribution in [3.8, 4) is 0 Å². The molecule has 2 aliphatic heterocycles. The fraction of sp³-hybridized carbons (Fsp3) is 0.667. The molecule has 21 heavy (non-hydrogen) atoms. The lowest BCUT2D eigenvalue weighted by atomic mass is 9.96. The van der Waals surface area contributed by atoms with E-state index in [2.05, 4.69) is 16.3 Å².